The summed E-state index contributed by atoms with van der Waals surface area (Å²) < 4.78 is 11.1. The zero-order valence-corrected chi connectivity index (χ0v) is 20.9. The van der Waals surface area contributed by atoms with Gasteiger partial charge in [-0.05, 0) is 60.2 Å². The van der Waals surface area contributed by atoms with Gasteiger partial charge in [-0.25, -0.2) is 4.79 Å². The van der Waals surface area contributed by atoms with Crippen LogP contribution in [0.1, 0.15) is 95.3 Å². The second-order valence-electron chi connectivity index (χ2n) is 8.97. The van der Waals surface area contributed by atoms with Gasteiger partial charge in [0.15, 0.2) is 0 Å². The van der Waals surface area contributed by atoms with E-state index in [0.29, 0.717) is 18.1 Å². The van der Waals surface area contributed by atoms with Gasteiger partial charge in [-0.3, -0.25) is 0 Å². The molecule has 0 amide bonds. The molecular weight excluding hydrogens is 408 g/mol. The van der Waals surface area contributed by atoms with E-state index in [2.05, 4.69) is 26.8 Å². The summed E-state index contributed by atoms with van der Waals surface area (Å²) in [6, 6.07) is 15.6. The molecule has 1 atom stereocenters. The van der Waals surface area contributed by atoms with Crippen LogP contribution in [-0.4, -0.2) is 12.6 Å². The highest BCUT2D eigenvalue weighted by Crippen LogP contribution is 2.23. The van der Waals surface area contributed by atoms with Crippen molar-refractivity contribution in [2.45, 2.75) is 85.0 Å². The van der Waals surface area contributed by atoms with Gasteiger partial charge in [0.1, 0.15) is 5.75 Å². The predicted molar refractivity (Wildman–Crippen MR) is 139 cm³/mol. The number of esters is 1. The second-order valence-corrected chi connectivity index (χ2v) is 8.97. The van der Waals surface area contributed by atoms with Crippen molar-refractivity contribution in [2.24, 2.45) is 5.92 Å². The summed E-state index contributed by atoms with van der Waals surface area (Å²) >= 11 is 0. The van der Waals surface area contributed by atoms with Crippen LogP contribution in [-0.2, 0) is 4.74 Å². The van der Waals surface area contributed by atoms with E-state index in [9.17, 15) is 4.79 Å². The average Bonchev–Trinajstić information content (AvgIpc) is 2.86. The Morgan fingerprint density at radius 1 is 0.818 bits per heavy atom. The standard InChI is InChI=1S/C30H42O3/c1-4-6-7-8-9-10-11-12-13-14-23-32-29-21-19-27(20-22-29)26-15-17-28(18-16-26)30(31)33-24-25(3)5-2/h14-23,25H,4-13,24H2,1-3H3. The fraction of sp³-hybridized carbons (Fsp3) is 0.500. The summed E-state index contributed by atoms with van der Waals surface area (Å²) in [5.74, 6) is 0.953. The molecule has 0 saturated heterocycles. The van der Waals surface area contributed by atoms with Crippen LogP contribution < -0.4 is 4.74 Å². The summed E-state index contributed by atoms with van der Waals surface area (Å²) in [6.07, 6.45) is 16.7. The van der Waals surface area contributed by atoms with Crippen LogP contribution >= 0.6 is 0 Å². The van der Waals surface area contributed by atoms with Gasteiger partial charge < -0.3 is 9.47 Å². The molecule has 3 heteroatoms. The molecule has 0 aromatic heterocycles. The van der Waals surface area contributed by atoms with E-state index in [1.54, 1.807) is 6.26 Å². The van der Waals surface area contributed by atoms with Gasteiger partial charge in [0.25, 0.3) is 0 Å². The maximum Gasteiger partial charge on any atom is 0.338 e. The van der Waals surface area contributed by atoms with Crippen LogP contribution in [0, 0.1) is 5.92 Å². The molecule has 0 bridgehead atoms. The molecule has 0 N–H and O–H groups in total. The Kier molecular flexibility index (Phi) is 13.0. The normalized spacial score (nSPS) is 12.1. The number of hydrogen-bond acceptors (Lipinski definition) is 3. The third kappa shape index (κ3) is 10.7. The molecule has 0 aliphatic carbocycles. The number of allylic oxidation sites excluding steroid dienone is 1. The van der Waals surface area contributed by atoms with E-state index in [0.717, 1.165) is 29.7 Å². The Balaban J connectivity index is 1.69. The maximum atomic E-state index is 12.2. The third-order valence-corrected chi connectivity index (χ3v) is 6.03. The highest BCUT2D eigenvalue weighted by atomic mass is 16.5. The molecule has 1 unspecified atom stereocenters. The van der Waals surface area contributed by atoms with Crippen molar-refractivity contribution in [1.29, 1.82) is 0 Å². The van der Waals surface area contributed by atoms with Gasteiger partial charge in [0.05, 0.1) is 18.4 Å². The van der Waals surface area contributed by atoms with Crippen LogP contribution in [0.4, 0.5) is 0 Å². The summed E-state index contributed by atoms with van der Waals surface area (Å²) in [4.78, 5) is 12.2. The molecule has 180 valence electrons. The van der Waals surface area contributed by atoms with Gasteiger partial charge in [-0.2, -0.15) is 0 Å². The van der Waals surface area contributed by atoms with Gasteiger partial charge in [0, 0.05) is 0 Å². The van der Waals surface area contributed by atoms with Crippen LogP contribution in [0.3, 0.4) is 0 Å². The first-order valence-corrected chi connectivity index (χ1v) is 12.8. The van der Waals surface area contributed by atoms with Crippen molar-refractivity contribution in [2.75, 3.05) is 6.61 Å². The van der Waals surface area contributed by atoms with Crippen molar-refractivity contribution < 1.29 is 14.3 Å². The summed E-state index contributed by atoms with van der Waals surface area (Å²) in [5, 5.41) is 0. The lowest BCUT2D eigenvalue weighted by Gasteiger charge is -2.10. The summed E-state index contributed by atoms with van der Waals surface area (Å²) in [7, 11) is 0. The monoisotopic (exact) mass is 450 g/mol. The van der Waals surface area contributed by atoms with Gasteiger partial charge in [-0.15, -0.1) is 0 Å². The quantitative estimate of drug-likeness (QED) is 0.145. The van der Waals surface area contributed by atoms with Gasteiger partial charge in [0.2, 0.25) is 0 Å². The number of carbonyl (C=O) groups excluding carboxylic acids is 1. The molecule has 2 rings (SSSR count). The SMILES string of the molecule is CCCCCCCCCCC=COc1ccc(-c2ccc(C(=O)OCC(C)CC)cc2)cc1. The molecule has 0 radical (unpaired) electrons. The lowest BCUT2D eigenvalue weighted by molar-refractivity contribution is 0.0447. The number of hydrogen-bond donors (Lipinski definition) is 0. The van der Waals surface area contributed by atoms with Crippen LogP contribution in [0.5, 0.6) is 5.75 Å². The largest absolute Gasteiger partial charge is 0.465 e. The Morgan fingerprint density at radius 2 is 1.39 bits per heavy atom. The van der Waals surface area contributed by atoms with Gasteiger partial charge in [-0.1, -0.05) is 96.4 Å². The Hall–Kier alpha value is -2.55. The fourth-order valence-electron chi connectivity index (χ4n) is 3.53. The first-order chi connectivity index (χ1) is 16.1. The highest BCUT2D eigenvalue weighted by molar-refractivity contribution is 5.90. The molecule has 0 heterocycles. The summed E-state index contributed by atoms with van der Waals surface area (Å²) in [5.41, 5.74) is 2.73. The van der Waals surface area contributed by atoms with E-state index in [1.807, 2.05) is 48.5 Å². The molecule has 0 fully saturated rings. The van der Waals surface area contributed by atoms with E-state index in [1.165, 1.54) is 51.4 Å². The topological polar surface area (TPSA) is 35.5 Å². The first kappa shape index (κ1) is 26.7. The molecule has 0 aliphatic rings. The molecule has 2 aromatic carbocycles. The smallest absolute Gasteiger partial charge is 0.338 e. The van der Waals surface area contributed by atoms with E-state index in [-0.39, 0.29) is 5.97 Å². The molecule has 3 nitrogen and oxygen atoms in total. The Labute approximate surface area is 201 Å². The van der Waals surface area contributed by atoms with Crippen molar-refractivity contribution >= 4 is 5.97 Å². The van der Waals surface area contributed by atoms with E-state index in [4.69, 9.17) is 9.47 Å². The van der Waals surface area contributed by atoms with Crippen molar-refractivity contribution in [3.05, 3.63) is 66.4 Å². The van der Waals surface area contributed by atoms with Crippen molar-refractivity contribution in [3.63, 3.8) is 0 Å². The third-order valence-electron chi connectivity index (χ3n) is 6.03. The lowest BCUT2D eigenvalue weighted by Crippen LogP contribution is -2.11. The lowest BCUT2D eigenvalue weighted by atomic mass is 10.0. The number of ether oxygens (including phenoxy) is 2. The fourth-order valence-corrected chi connectivity index (χ4v) is 3.53. The average molecular weight is 451 g/mol. The maximum absolute atomic E-state index is 12.2. The summed E-state index contributed by atoms with van der Waals surface area (Å²) in [6.45, 7) is 6.90. The highest BCUT2D eigenvalue weighted by Gasteiger charge is 2.09. The van der Waals surface area contributed by atoms with E-state index >= 15 is 0 Å². The predicted octanol–water partition coefficient (Wildman–Crippen LogP) is 8.98. The molecule has 0 saturated carbocycles. The van der Waals surface area contributed by atoms with Crippen LogP contribution in [0.25, 0.3) is 11.1 Å². The zero-order chi connectivity index (χ0) is 23.7. The zero-order valence-electron chi connectivity index (χ0n) is 20.9. The van der Waals surface area contributed by atoms with Crippen molar-refractivity contribution in [1.82, 2.24) is 0 Å². The Morgan fingerprint density at radius 3 is 2.00 bits per heavy atom. The molecular formula is C30H42O3. The van der Waals surface area contributed by atoms with Crippen LogP contribution in [0.2, 0.25) is 0 Å². The molecule has 33 heavy (non-hydrogen) atoms. The number of rotatable bonds is 16. The minimum absolute atomic E-state index is 0.260. The second kappa shape index (κ2) is 16.1. The van der Waals surface area contributed by atoms with Gasteiger partial charge >= 0.3 is 5.97 Å². The minimum atomic E-state index is -0.260. The van der Waals surface area contributed by atoms with E-state index < -0.39 is 0 Å². The number of carbonyl (C=O) groups is 1. The molecule has 0 aliphatic heterocycles. The van der Waals surface area contributed by atoms with Crippen LogP contribution in [0.15, 0.2) is 60.9 Å². The number of unbranched alkanes of at least 4 members (excludes halogenated alkanes) is 8. The first-order valence-electron chi connectivity index (χ1n) is 12.8. The van der Waals surface area contributed by atoms with Crippen molar-refractivity contribution in [3.8, 4) is 16.9 Å². The molecule has 2 aromatic rings. The number of benzene rings is 2. The minimum Gasteiger partial charge on any atom is -0.465 e. The molecule has 0 spiro atoms. The Bertz CT molecular complexity index is 805.